The lowest BCUT2D eigenvalue weighted by Gasteiger charge is -2.26. The summed E-state index contributed by atoms with van der Waals surface area (Å²) < 4.78 is 0. The van der Waals surface area contributed by atoms with Gasteiger partial charge in [0, 0.05) is 18.2 Å². The fourth-order valence-corrected chi connectivity index (χ4v) is 2.96. The first-order valence-electron chi connectivity index (χ1n) is 8.34. The van der Waals surface area contributed by atoms with Gasteiger partial charge in [0.2, 0.25) is 0 Å². The lowest BCUT2D eigenvalue weighted by molar-refractivity contribution is 0.0931. The quantitative estimate of drug-likeness (QED) is 0.775. The first-order chi connectivity index (χ1) is 12.1. The molecule has 3 rings (SSSR count). The number of hydrogen-bond donors (Lipinski definition) is 1. The number of nitrogens with zero attached hydrogens (tertiary/aromatic N) is 2. The standard InChI is InChI=1S/C21H21N3O/c1-15-13-23-19(14-22-15)21(25)24-16(2)20(17-9-5-3-6-10-17)18-11-7-4-8-12-18/h3-14,16,20H,1-2H3,(H,24,25). The van der Waals surface area contributed by atoms with Crippen molar-refractivity contribution in [1.29, 1.82) is 0 Å². The van der Waals surface area contributed by atoms with E-state index < -0.39 is 0 Å². The smallest absolute Gasteiger partial charge is 0.271 e. The largest absolute Gasteiger partial charge is 0.347 e. The number of carbonyl (C=O) groups is 1. The highest BCUT2D eigenvalue weighted by atomic mass is 16.1. The van der Waals surface area contributed by atoms with Crippen molar-refractivity contribution in [2.45, 2.75) is 25.8 Å². The van der Waals surface area contributed by atoms with Crippen LogP contribution in [0.2, 0.25) is 0 Å². The summed E-state index contributed by atoms with van der Waals surface area (Å²) in [6.45, 7) is 3.86. The van der Waals surface area contributed by atoms with E-state index in [1.54, 1.807) is 6.20 Å². The normalized spacial score (nSPS) is 12.0. The molecular weight excluding hydrogens is 310 g/mol. The lowest BCUT2D eigenvalue weighted by atomic mass is 9.86. The number of aryl methyl sites for hydroxylation is 1. The van der Waals surface area contributed by atoms with Crippen molar-refractivity contribution in [3.05, 3.63) is 95.6 Å². The average molecular weight is 331 g/mol. The van der Waals surface area contributed by atoms with Gasteiger partial charge in [-0.15, -0.1) is 0 Å². The van der Waals surface area contributed by atoms with E-state index in [1.807, 2.05) is 50.2 Å². The Balaban J connectivity index is 1.86. The number of rotatable bonds is 5. The molecule has 0 saturated carbocycles. The molecule has 0 aliphatic heterocycles. The fraction of sp³-hybridized carbons (Fsp3) is 0.190. The molecule has 1 heterocycles. The molecule has 0 radical (unpaired) electrons. The van der Waals surface area contributed by atoms with Gasteiger partial charge in [0.05, 0.1) is 11.9 Å². The summed E-state index contributed by atoms with van der Waals surface area (Å²) in [4.78, 5) is 20.8. The van der Waals surface area contributed by atoms with Gasteiger partial charge in [0.25, 0.3) is 5.91 Å². The zero-order valence-corrected chi connectivity index (χ0v) is 14.4. The summed E-state index contributed by atoms with van der Waals surface area (Å²) in [5.74, 6) is -0.151. The fourth-order valence-electron chi connectivity index (χ4n) is 2.96. The van der Waals surface area contributed by atoms with Gasteiger partial charge in [-0.25, -0.2) is 4.98 Å². The molecule has 3 aromatic rings. The van der Waals surface area contributed by atoms with E-state index >= 15 is 0 Å². The number of carbonyl (C=O) groups excluding carboxylic acids is 1. The molecule has 1 N–H and O–H groups in total. The van der Waals surface area contributed by atoms with Gasteiger partial charge < -0.3 is 5.32 Å². The summed E-state index contributed by atoms with van der Waals surface area (Å²) in [5, 5.41) is 3.07. The SMILES string of the molecule is Cc1cnc(C(=O)NC(C)C(c2ccccc2)c2ccccc2)cn1. The minimum absolute atomic E-state index is 0.0600. The molecule has 0 bridgehead atoms. The van der Waals surface area contributed by atoms with E-state index in [0.717, 1.165) is 16.8 Å². The van der Waals surface area contributed by atoms with Crippen molar-refractivity contribution in [3.8, 4) is 0 Å². The Hall–Kier alpha value is -3.01. The maximum atomic E-state index is 12.5. The third-order valence-electron chi connectivity index (χ3n) is 4.19. The third kappa shape index (κ3) is 4.10. The monoisotopic (exact) mass is 331 g/mol. The highest BCUT2D eigenvalue weighted by Crippen LogP contribution is 2.28. The Kier molecular flexibility index (Phi) is 5.19. The summed E-state index contributed by atoms with van der Waals surface area (Å²) in [7, 11) is 0. The summed E-state index contributed by atoms with van der Waals surface area (Å²) >= 11 is 0. The van der Waals surface area contributed by atoms with Crippen LogP contribution in [0.5, 0.6) is 0 Å². The van der Waals surface area contributed by atoms with Crippen LogP contribution in [0.15, 0.2) is 73.1 Å². The molecule has 25 heavy (non-hydrogen) atoms. The Morgan fingerprint density at radius 1 is 0.880 bits per heavy atom. The maximum Gasteiger partial charge on any atom is 0.271 e. The van der Waals surface area contributed by atoms with Crippen LogP contribution in [-0.4, -0.2) is 21.9 Å². The Bertz CT molecular complexity index is 777. The zero-order valence-electron chi connectivity index (χ0n) is 14.4. The van der Waals surface area contributed by atoms with Crippen LogP contribution >= 0.6 is 0 Å². The van der Waals surface area contributed by atoms with Crippen LogP contribution in [0.1, 0.15) is 40.2 Å². The third-order valence-corrected chi connectivity index (χ3v) is 4.19. The molecule has 0 saturated heterocycles. The zero-order chi connectivity index (χ0) is 17.6. The first-order valence-corrected chi connectivity index (χ1v) is 8.34. The van der Waals surface area contributed by atoms with Gasteiger partial charge in [-0.1, -0.05) is 60.7 Å². The lowest BCUT2D eigenvalue weighted by Crippen LogP contribution is -2.38. The molecule has 2 aromatic carbocycles. The van der Waals surface area contributed by atoms with Gasteiger partial charge in [-0.2, -0.15) is 0 Å². The van der Waals surface area contributed by atoms with Crippen molar-refractivity contribution in [2.75, 3.05) is 0 Å². The summed E-state index contributed by atoms with van der Waals surface area (Å²) in [6, 6.07) is 20.3. The average Bonchev–Trinajstić information content (AvgIpc) is 2.64. The molecule has 0 aliphatic carbocycles. The first kappa shape index (κ1) is 16.8. The number of aromatic nitrogens is 2. The molecule has 4 nitrogen and oxygen atoms in total. The molecule has 0 spiro atoms. The minimum atomic E-state index is -0.211. The Morgan fingerprint density at radius 2 is 1.44 bits per heavy atom. The van der Waals surface area contributed by atoms with Crippen LogP contribution in [-0.2, 0) is 0 Å². The summed E-state index contributed by atoms with van der Waals surface area (Å²) in [6.07, 6.45) is 3.11. The van der Waals surface area contributed by atoms with Gasteiger partial charge >= 0.3 is 0 Å². The number of hydrogen-bond acceptors (Lipinski definition) is 3. The second kappa shape index (κ2) is 7.71. The highest BCUT2D eigenvalue weighted by Gasteiger charge is 2.23. The predicted molar refractivity (Wildman–Crippen MR) is 98.4 cm³/mol. The molecule has 1 unspecified atom stereocenters. The van der Waals surface area contributed by atoms with Crippen LogP contribution in [0.4, 0.5) is 0 Å². The van der Waals surface area contributed by atoms with Crippen molar-refractivity contribution in [1.82, 2.24) is 15.3 Å². The number of amides is 1. The molecular formula is C21H21N3O. The van der Waals surface area contributed by atoms with Crippen molar-refractivity contribution in [2.24, 2.45) is 0 Å². The van der Waals surface area contributed by atoms with E-state index in [2.05, 4.69) is 39.6 Å². The van der Waals surface area contributed by atoms with Crippen molar-refractivity contribution in [3.63, 3.8) is 0 Å². The highest BCUT2D eigenvalue weighted by molar-refractivity contribution is 5.92. The van der Waals surface area contributed by atoms with E-state index in [9.17, 15) is 4.79 Å². The van der Waals surface area contributed by atoms with E-state index in [0.29, 0.717) is 5.69 Å². The molecule has 1 amide bonds. The Labute approximate surface area is 148 Å². The Morgan fingerprint density at radius 3 is 1.92 bits per heavy atom. The van der Waals surface area contributed by atoms with Gasteiger partial charge in [-0.3, -0.25) is 9.78 Å². The van der Waals surface area contributed by atoms with E-state index in [-0.39, 0.29) is 17.9 Å². The van der Waals surface area contributed by atoms with Crippen molar-refractivity contribution < 1.29 is 4.79 Å². The second-order valence-corrected chi connectivity index (χ2v) is 6.10. The molecule has 0 fully saturated rings. The number of benzene rings is 2. The molecule has 1 atom stereocenters. The van der Waals surface area contributed by atoms with Crippen molar-refractivity contribution >= 4 is 5.91 Å². The van der Waals surface area contributed by atoms with Gasteiger partial charge in [0.1, 0.15) is 5.69 Å². The number of nitrogens with one attached hydrogen (secondary N) is 1. The molecule has 126 valence electrons. The molecule has 1 aromatic heterocycles. The van der Waals surface area contributed by atoms with Crippen LogP contribution in [0.3, 0.4) is 0 Å². The molecule has 4 heteroatoms. The van der Waals surface area contributed by atoms with E-state index in [1.165, 1.54) is 6.20 Å². The van der Waals surface area contributed by atoms with Gasteiger partial charge in [-0.05, 0) is 25.0 Å². The van der Waals surface area contributed by atoms with Crippen LogP contribution < -0.4 is 5.32 Å². The van der Waals surface area contributed by atoms with Crippen LogP contribution in [0.25, 0.3) is 0 Å². The topological polar surface area (TPSA) is 54.9 Å². The minimum Gasteiger partial charge on any atom is -0.347 e. The van der Waals surface area contributed by atoms with Crippen LogP contribution in [0, 0.1) is 6.92 Å². The summed E-state index contributed by atoms with van der Waals surface area (Å²) in [5.41, 5.74) is 3.45. The second-order valence-electron chi connectivity index (χ2n) is 6.10. The maximum absolute atomic E-state index is 12.5. The van der Waals surface area contributed by atoms with Gasteiger partial charge in [0.15, 0.2) is 0 Å². The van der Waals surface area contributed by atoms with E-state index in [4.69, 9.17) is 0 Å². The predicted octanol–water partition coefficient (Wildman–Crippen LogP) is 3.74. The molecule has 0 aliphatic rings.